The van der Waals surface area contributed by atoms with Crippen molar-refractivity contribution in [3.63, 3.8) is 0 Å². The molecule has 4 nitrogen and oxygen atoms in total. The number of hydrogen-bond donors (Lipinski definition) is 1. The van der Waals surface area contributed by atoms with E-state index < -0.39 is 6.10 Å². The number of rotatable bonds is 11. The minimum atomic E-state index is -0.680. The van der Waals surface area contributed by atoms with Crippen molar-refractivity contribution < 1.29 is 14.6 Å². The summed E-state index contributed by atoms with van der Waals surface area (Å²) < 4.78 is 10.7. The number of aliphatic hydroxyl groups excluding tert-OH is 1. The average molecular weight is 508 g/mol. The molecule has 0 saturated heterocycles. The Labute approximate surface area is 210 Å². The Balaban J connectivity index is 1.69. The first-order valence-corrected chi connectivity index (χ1v) is 11.7. The highest BCUT2D eigenvalue weighted by molar-refractivity contribution is 6.42. The fourth-order valence-electron chi connectivity index (χ4n) is 3.59. The van der Waals surface area contributed by atoms with E-state index in [9.17, 15) is 5.11 Å². The van der Waals surface area contributed by atoms with E-state index in [0.717, 1.165) is 23.1 Å². The summed E-state index contributed by atoms with van der Waals surface area (Å²) in [5.74, 6) is 1.40. The second-order valence-electron chi connectivity index (χ2n) is 7.70. The SMILES string of the molecule is COc1ccc(C[CH]CN(Cc2ccc(Cl)c(Cl)c2)CC(O)c2cccc(Cl)c2)cc1OC. The van der Waals surface area contributed by atoms with E-state index >= 15 is 0 Å². The summed E-state index contributed by atoms with van der Waals surface area (Å²) in [5.41, 5.74) is 2.90. The quantitative estimate of drug-likeness (QED) is 0.316. The van der Waals surface area contributed by atoms with E-state index in [-0.39, 0.29) is 0 Å². The third kappa shape index (κ3) is 7.53. The lowest BCUT2D eigenvalue weighted by Gasteiger charge is -2.25. The molecule has 0 saturated carbocycles. The third-order valence-electron chi connectivity index (χ3n) is 5.27. The van der Waals surface area contributed by atoms with Crippen LogP contribution in [-0.4, -0.2) is 37.3 Å². The molecule has 0 amide bonds. The molecule has 3 aromatic rings. The van der Waals surface area contributed by atoms with Crippen molar-refractivity contribution in [2.75, 3.05) is 27.3 Å². The van der Waals surface area contributed by atoms with Crippen LogP contribution in [0.3, 0.4) is 0 Å². The number of nitrogens with zero attached hydrogens (tertiary/aromatic N) is 1. The predicted octanol–water partition coefficient (Wildman–Crippen LogP) is 6.65. The molecule has 1 atom stereocenters. The first kappa shape index (κ1) is 25.7. The number of benzene rings is 3. The topological polar surface area (TPSA) is 41.9 Å². The molecule has 0 heterocycles. The minimum absolute atomic E-state index is 0.434. The zero-order valence-electron chi connectivity index (χ0n) is 18.6. The van der Waals surface area contributed by atoms with E-state index in [0.29, 0.717) is 46.2 Å². The summed E-state index contributed by atoms with van der Waals surface area (Å²) in [5, 5.41) is 12.5. The molecule has 1 N–H and O–H groups in total. The van der Waals surface area contributed by atoms with E-state index in [2.05, 4.69) is 11.3 Å². The largest absolute Gasteiger partial charge is 0.493 e. The maximum absolute atomic E-state index is 10.8. The highest BCUT2D eigenvalue weighted by Gasteiger charge is 2.16. The zero-order valence-corrected chi connectivity index (χ0v) is 20.9. The molecular formula is C26H27Cl3NO3. The van der Waals surface area contributed by atoms with Crippen molar-refractivity contribution in [2.24, 2.45) is 0 Å². The highest BCUT2D eigenvalue weighted by atomic mass is 35.5. The fourth-order valence-corrected chi connectivity index (χ4v) is 4.10. The van der Waals surface area contributed by atoms with Gasteiger partial charge in [-0.05, 0) is 65.9 Å². The molecule has 0 aliphatic heterocycles. The van der Waals surface area contributed by atoms with Crippen LogP contribution in [0.25, 0.3) is 0 Å². The Morgan fingerprint density at radius 2 is 1.64 bits per heavy atom. The van der Waals surface area contributed by atoms with Crippen LogP contribution in [0.15, 0.2) is 60.7 Å². The van der Waals surface area contributed by atoms with Gasteiger partial charge in [-0.15, -0.1) is 0 Å². The minimum Gasteiger partial charge on any atom is -0.493 e. The number of methoxy groups -OCH3 is 2. The van der Waals surface area contributed by atoms with E-state index in [1.165, 1.54) is 0 Å². The normalized spacial score (nSPS) is 12.1. The van der Waals surface area contributed by atoms with Gasteiger partial charge in [0.05, 0.1) is 30.4 Å². The molecule has 0 bridgehead atoms. The Morgan fingerprint density at radius 1 is 0.879 bits per heavy atom. The van der Waals surface area contributed by atoms with Crippen LogP contribution in [0, 0.1) is 6.42 Å². The maximum atomic E-state index is 10.8. The van der Waals surface area contributed by atoms with Gasteiger partial charge in [0, 0.05) is 24.7 Å². The van der Waals surface area contributed by atoms with Gasteiger partial charge in [-0.25, -0.2) is 0 Å². The van der Waals surface area contributed by atoms with Crippen molar-refractivity contribution in [2.45, 2.75) is 19.1 Å². The lowest BCUT2D eigenvalue weighted by atomic mass is 10.1. The smallest absolute Gasteiger partial charge is 0.160 e. The standard InChI is InChI=1S/C26H27Cl3NO3/c1-32-25-11-9-18(14-26(25)33-2)5-4-12-30(16-19-8-10-22(28)23(29)13-19)17-24(31)20-6-3-7-21(27)15-20/h3-4,6-11,13-15,24,31H,5,12,16-17H2,1-2H3. The van der Waals surface area contributed by atoms with Gasteiger partial charge in [0.15, 0.2) is 11.5 Å². The Bertz CT molecular complexity index is 1060. The number of aliphatic hydroxyl groups is 1. The van der Waals surface area contributed by atoms with Gasteiger partial charge < -0.3 is 14.6 Å². The van der Waals surface area contributed by atoms with Crippen molar-refractivity contribution in [1.29, 1.82) is 0 Å². The molecule has 175 valence electrons. The van der Waals surface area contributed by atoms with Gasteiger partial charge >= 0.3 is 0 Å². The van der Waals surface area contributed by atoms with Gasteiger partial charge in [0.1, 0.15) is 0 Å². The molecule has 7 heteroatoms. The Morgan fingerprint density at radius 3 is 2.33 bits per heavy atom. The van der Waals surface area contributed by atoms with Crippen LogP contribution in [0.1, 0.15) is 22.8 Å². The van der Waals surface area contributed by atoms with Gasteiger partial charge in [0.25, 0.3) is 0 Å². The van der Waals surface area contributed by atoms with Crippen LogP contribution in [0.2, 0.25) is 15.1 Å². The van der Waals surface area contributed by atoms with Crippen LogP contribution < -0.4 is 9.47 Å². The van der Waals surface area contributed by atoms with E-state index in [1.54, 1.807) is 32.4 Å². The Hall–Kier alpha value is -1.95. The van der Waals surface area contributed by atoms with Crippen LogP contribution in [0.5, 0.6) is 11.5 Å². The molecule has 1 radical (unpaired) electrons. The lowest BCUT2D eigenvalue weighted by molar-refractivity contribution is 0.113. The summed E-state index contributed by atoms with van der Waals surface area (Å²) in [4.78, 5) is 2.16. The fraction of sp³-hybridized carbons (Fsp3) is 0.269. The van der Waals surface area contributed by atoms with Gasteiger partial charge in [-0.3, -0.25) is 4.90 Å². The molecule has 0 aromatic heterocycles. The van der Waals surface area contributed by atoms with Crippen molar-refractivity contribution in [1.82, 2.24) is 4.90 Å². The molecule has 0 aliphatic carbocycles. The monoisotopic (exact) mass is 506 g/mol. The summed E-state index contributed by atoms with van der Waals surface area (Å²) in [6.45, 7) is 1.70. The number of hydrogen-bond acceptors (Lipinski definition) is 4. The van der Waals surface area contributed by atoms with Gasteiger partial charge in [-0.1, -0.05) is 59.1 Å². The summed E-state index contributed by atoms with van der Waals surface area (Å²) in [6, 6.07) is 18.8. The molecule has 33 heavy (non-hydrogen) atoms. The Kier molecular flexibility index (Phi) is 9.72. The molecule has 3 aromatic carbocycles. The van der Waals surface area contributed by atoms with Gasteiger partial charge in [-0.2, -0.15) is 0 Å². The van der Waals surface area contributed by atoms with Crippen molar-refractivity contribution in [3.05, 3.63) is 98.8 Å². The first-order chi connectivity index (χ1) is 15.9. The van der Waals surface area contributed by atoms with Crippen molar-refractivity contribution >= 4 is 34.8 Å². The molecule has 0 spiro atoms. The summed E-state index contributed by atoms with van der Waals surface area (Å²) >= 11 is 18.4. The van der Waals surface area contributed by atoms with E-state index in [1.807, 2.05) is 42.5 Å². The average Bonchev–Trinajstić information content (AvgIpc) is 2.81. The number of ether oxygens (including phenoxy) is 2. The summed E-state index contributed by atoms with van der Waals surface area (Å²) in [7, 11) is 3.25. The van der Waals surface area contributed by atoms with Crippen LogP contribution >= 0.6 is 34.8 Å². The second kappa shape index (κ2) is 12.5. The molecular weight excluding hydrogens is 481 g/mol. The molecule has 1 unspecified atom stereocenters. The lowest BCUT2D eigenvalue weighted by Crippen LogP contribution is -2.30. The highest BCUT2D eigenvalue weighted by Crippen LogP contribution is 2.28. The predicted molar refractivity (Wildman–Crippen MR) is 136 cm³/mol. The zero-order chi connectivity index (χ0) is 23.8. The molecule has 0 fully saturated rings. The van der Waals surface area contributed by atoms with Crippen LogP contribution in [0.4, 0.5) is 0 Å². The third-order valence-corrected chi connectivity index (χ3v) is 6.24. The van der Waals surface area contributed by atoms with Gasteiger partial charge in [0.2, 0.25) is 0 Å². The number of halogens is 3. The van der Waals surface area contributed by atoms with Crippen LogP contribution in [-0.2, 0) is 13.0 Å². The van der Waals surface area contributed by atoms with E-state index in [4.69, 9.17) is 44.3 Å². The van der Waals surface area contributed by atoms with Crippen molar-refractivity contribution in [3.8, 4) is 11.5 Å². The first-order valence-electron chi connectivity index (χ1n) is 10.5. The molecule has 0 aliphatic rings. The summed E-state index contributed by atoms with van der Waals surface area (Å²) in [6.07, 6.45) is 2.23. The second-order valence-corrected chi connectivity index (χ2v) is 8.95. The maximum Gasteiger partial charge on any atom is 0.160 e. The molecule has 3 rings (SSSR count).